The smallest absolute Gasteiger partial charge is 0.317 e. The van der Waals surface area contributed by atoms with E-state index in [0.717, 1.165) is 24.0 Å². The quantitative estimate of drug-likeness (QED) is 0.559. The van der Waals surface area contributed by atoms with Crippen LogP contribution in [0.15, 0.2) is 66.7 Å². The zero-order chi connectivity index (χ0) is 22.2. The van der Waals surface area contributed by atoms with Gasteiger partial charge >= 0.3 is 6.03 Å². The van der Waals surface area contributed by atoms with Gasteiger partial charge in [-0.05, 0) is 49.3 Å². The third-order valence-corrected chi connectivity index (χ3v) is 6.98. The Balaban J connectivity index is 1.40. The SMILES string of the molecule is Cc1ccc(NC(=O)N[C@H](Cc2ccccc2)N2C(=O)[C@@H]3[C@H](C2=O)[C@H]2C=C[C@H]3CC2)cc1. The molecule has 6 nitrogen and oxygen atoms in total. The van der Waals surface area contributed by atoms with E-state index >= 15 is 0 Å². The van der Waals surface area contributed by atoms with E-state index in [9.17, 15) is 14.4 Å². The van der Waals surface area contributed by atoms with Crippen LogP contribution in [0.3, 0.4) is 0 Å². The number of anilines is 1. The molecular weight excluding hydrogens is 402 g/mol. The summed E-state index contributed by atoms with van der Waals surface area (Å²) in [4.78, 5) is 41.1. The standard InChI is InChI=1S/C26H27N3O3/c1-16-7-13-20(14-8-16)27-26(32)28-21(15-17-5-3-2-4-6-17)29-24(30)22-18-9-10-19(12-11-18)23(22)25(29)31/h2-10,13-14,18-19,21-23H,11-12,15H2,1H3,(H2,27,28,32)/t18-,19-,21-,22-,23+/m0/s1. The van der Waals surface area contributed by atoms with Crippen LogP contribution in [0.25, 0.3) is 0 Å². The molecule has 1 aliphatic heterocycles. The highest BCUT2D eigenvalue weighted by Crippen LogP contribution is 2.50. The predicted molar refractivity (Wildman–Crippen MR) is 121 cm³/mol. The Morgan fingerprint density at radius 3 is 2.09 bits per heavy atom. The van der Waals surface area contributed by atoms with E-state index in [-0.39, 0.29) is 35.5 Å². The van der Waals surface area contributed by atoms with Gasteiger partial charge in [0.1, 0.15) is 6.17 Å². The summed E-state index contributed by atoms with van der Waals surface area (Å²) in [5.74, 6) is -0.681. The molecule has 0 spiro atoms. The number of carbonyl (C=O) groups is 3. The normalized spacial score (nSPS) is 26.7. The third kappa shape index (κ3) is 3.70. The molecule has 1 heterocycles. The molecule has 2 fully saturated rings. The first-order valence-corrected chi connectivity index (χ1v) is 11.2. The highest BCUT2D eigenvalue weighted by molar-refractivity contribution is 6.06. The molecule has 0 unspecified atom stereocenters. The Morgan fingerprint density at radius 1 is 0.938 bits per heavy atom. The average Bonchev–Trinajstić information content (AvgIpc) is 3.09. The highest BCUT2D eigenvalue weighted by Gasteiger charge is 2.58. The molecule has 6 heteroatoms. The summed E-state index contributed by atoms with van der Waals surface area (Å²) in [6.07, 6.45) is 5.72. The lowest BCUT2D eigenvalue weighted by Gasteiger charge is -2.38. The van der Waals surface area contributed by atoms with Crippen molar-refractivity contribution in [3.8, 4) is 0 Å². The summed E-state index contributed by atoms with van der Waals surface area (Å²) in [6.45, 7) is 1.98. The minimum atomic E-state index is -0.743. The number of aryl methyl sites for hydroxylation is 1. The Morgan fingerprint density at radius 2 is 1.53 bits per heavy atom. The van der Waals surface area contributed by atoms with E-state index < -0.39 is 12.2 Å². The van der Waals surface area contributed by atoms with Crippen LogP contribution in [0.5, 0.6) is 0 Å². The first-order chi connectivity index (χ1) is 15.5. The van der Waals surface area contributed by atoms with Crippen LogP contribution in [0.4, 0.5) is 10.5 Å². The molecule has 6 rings (SSSR count). The summed E-state index contributed by atoms with van der Waals surface area (Å²) in [5.41, 5.74) is 2.70. The monoisotopic (exact) mass is 429 g/mol. The number of nitrogens with one attached hydrogen (secondary N) is 2. The van der Waals surface area contributed by atoms with Gasteiger partial charge in [0.25, 0.3) is 0 Å². The van der Waals surface area contributed by atoms with Crippen molar-refractivity contribution in [1.82, 2.24) is 10.2 Å². The van der Waals surface area contributed by atoms with Crippen LogP contribution in [-0.4, -0.2) is 28.9 Å². The van der Waals surface area contributed by atoms with E-state index in [2.05, 4.69) is 22.8 Å². The lowest BCUT2D eigenvalue weighted by atomic mass is 9.63. The molecule has 1 saturated carbocycles. The number of urea groups is 1. The first kappa shape index (κ1) is 20.5. The highest BCUT2D eigenvalue weighted by atomic mass is 16.2. The molecule has 0 radical (unpaired) electrons. The fourth-order valence-electron chi connectivity index (χ4n) is 5.40. The number of benzene rings is 2. The lowest BCUT2D eigenvalue weighted by Crippen LogP contribution is -2.53. The maximum atomic E-state index is 13.4. The maximum Gasteiger partial charge on any atom is 0.320 e. The third-order valence-electron chi connectivity index (χ3n) is 6.98. The van der Waals surface area contributed by atoms with E-state index in [1.54, 1.807) is 0 Å². The first-order valence-electron chi connectivity index (χ1n) is 11.2. The Labute approximate surface area is 187 Å². The van der Waals surface area contributed by atoms with Gasteiger partial charge < -0.3 is 10.6 Å². The zero-order valence-corrected chi connectivity index (χ0v) is 18.0. The Kier molecular flexibility index (Phi) is 5.29. The number of rotatable bonds is 5. The van der Waals surface area contributed by atoms with Gasteiger partial charge in [-0.25, -0.2) is 4.79 Å². The number of likely N-dealkylation sites (tertiary alicyclic amines) is 1. The summed E-state index contributed by atoms with van der Waals surface area (Å²) in [6, 6.07) is 16.7. The number of amides is 4. The van der Waals surface area contributed by atoms with Crippen molar-refractivity contribution >= 4 is 23.5 Å². The molecule has 2 aromatic carbocycles. The van der Waals surface area contributed by atoms with Gasteiger partial charge in [-0.2, -0.15) is 0 Å². The van der Waals surface area contributed by atoms with Crippen molar-refractivity contribution in [2.24, 2.45) is 23.7 Å². The van der Waals surface area contributed by atoms with Gasteiger partial charge in [-0.15, -0.1) is 0 Å². The van der Waals surface area contributed by atoms with Crippen LogP contribution < -0.4 is 10.6 Å². The van der Waals surface area contributed by atoms with Crippen molar-refractivity contribution in [3.63, 3.8) is 0 Å². The second kappa shape index (κ2) is 8.26. The van der Waals surface area contributed by atoms with E-state index in [1.807, 2.05) is 61.5 Å². The summed E-state index contributed by atoms with van der Waals surface area (Å²) in [5, 5.41) is 5.72. The second-order valence-corrected chi connectivity index (χ2v) is 9.06. The Hall–Kier alpha value is -3.41. The molecule has 2 aromatic rings. The number of allylic oxidation sites excluding steroid dienone is 2. The maximum absolute atomic E-state index is 13.4. The van der Waals surface area contributed by atoms with Crippen molar-refractivity contribution in [1.29, 1.82) is 0 Å². The number of fused-ring (bicyclic) bond motifs is 1. The van der Waals surface area contributed by atoms with Crippen LogP contribution in [0.2, 0.25) is 0 Å². The molecule has 3 aliphatic carbocycles. The fourth-order valence-corrected chi connectivity index (χ4v) is 5.40. The van der Waals surface area contributed by atoms with Crippen molar-refractivity contribution in [3.05, 3.63) is 77.9 Å². The van der Waals surface area contributed by atoms with Gasteiger partial charge in [-0.1, -0.05) is 60.2 Å². The van der Waals surface area contributed by atoms with Gasteiger partial charge in [-0.3, -0.25) is 14.5 Å². The molecule has 164 valence electrons. The number of imide groups is 1. The molecule has 1 saturated heterocycles. The van der Waals surface area contributed by atoms with Crippen molar-refractivity contribution in [2.75, 3.05) is 5.32 Å². The zero-order valence-electron chi connectivity index (χ0n) is 18.0. The summed E-state index contributed by atoms with van der Waals surface area (Å²) >= 11 is 0. The molecule has 4 amide bonds. The number of nitrogens with zero attached hydrogens (tertiary/aromatic N) is 1. The predicted octanol–water partition coefficient (Wildman–Crippen LogP) is 3.88. The minimum absolute atomic E-state index is 0.116. The van der Waals surface area contributed by atoms with Crippen LogP contribution >= 0.6 is 0 Å². The molecule has 2 N–H and O–H groups in total. The minimum Gasteiger partial charge on any atom is -0.317 e. The Bertz CT molecular complexity index is 1030. The number of carbonyl (C=O) groups excluding carboxylic acids is 3. The molecule has 0 aromatic heterocycles. The van der Waals surface area contributed by atoms with Gasteiger partial charge in [0, 0.05) is 12.1 Å². The molecule has 5 atom stereocenters. The van der Waals surface area contributed by atoms with Gasteiger partial charge in [0.15, 0.2) is 0 Å². The molecule has 32 heavy (non-hydrogen) atoms. The van der Waals surface area contributed by atoms with Crippen molar-refractivity contribution in [2.45, 2.75) is 32.4 Å². The number of hydrogen-bond donors (Lipinski definition) is 2. The van der Waals surface area contributed by atoms with Crippen LogP contribution in [0, 0.1) is 30.6 Å². The lowest BCUT2D eigenvalue weighted by molar-refractivity contribution is -0.143. The van der Waals surface area contributed by atoms with E-state index in [4.69, 9.17) is 0 Å². The van der Waals surface area contributed by atoms with E-state index in [1.165, 1.54) is 4.90 Å². The molecule has 2 bridgehead atoms. The number of hydrogen-bond acceptors (Lipinski definition) is 3. The fraction of sp³-hybridized carbons (Fsp3) is 0.346. The van der Waals surface area contributed by atoms with Crippen LogP contribution in [-0.2, 0) is 16.0 Å². The molecule has 4 aliphatic rings. The van der Waals surface area contributed by atoms with Crippen molar-refractivity contribution < 1.29 is 14.4 Å². The largest absolute Gasteiger partial charge is 0.320 e. The van der Waals surface area contributed by atoms with E-state index in [0.29, 0.717) is 12.1 Å². The average molecular weight is 430 g/mol. The molecular formula is C26H27N3O3. The van der Waals surface area contributed by atoms with Gasteiger partial charge in [0.05, 0.1) is 11.8 Å². The van der Waals surface area contributed by atoms with Gasteiger partial charge in [0.2, 0.25) is 11.8 Å². The topological polar surface area (TPSA) is 78.5 Å². The van der Waals surface area contributed by atoms with Crippen LogP contribution in [0.1, 0.15) is 24.0 Å². The second-order valence-electron chi connectivity index (χ2n) is 9.06. The summed E-state index contributed by atoms with van der Waals surface area (Å²) < 4.78 is 0. The summed E-state index contributed by atoms with van der Waals surface area (Å²) in [7, 11) is 0.